The number of hydrogen-bond acceptors (Lipinski definition) is 4. The maximum absolute atomic E-state index is 12.8. The summed E-state index contributed by atoms with van der Waals surface area (Å²) in [6.45, 7) is 0.421. The number of nitrogens with zero attached hydrogens (tertiary/aromatic N) is 1. The molecule has 1 aliphatic rings. The van der Waals surface area contributed by atoms with E-state index in [0.717, 1.165) is 17.9 Å². The Morgan fingerprint density at radius 3 is 2.71 bits per heavy atom. The fraction of sp³-hybridized carbons (Fsp3) is 0.538. The molecule has 0 bridgehead atoms. The van der Waals surface area contributed by atoms with Crippen molar-refractivity contribution in [1.29, 1.82) is 0 Å². The van der Waals surface area contributed by atoms with E-state index in [1.54, 1.807) is 31.9 Å². The Kier molecular flexibility index (Phi) is 5.84. The third-order valence-electron chi connectivity index (χ3n) is 3.58. The molecule has 0 saturated carbocycles. The van der Waals surface area contributed by atoms with Gasteiger partial charge in [0.25, 0.3) is 0 Å². The van der Waals surface area contributed by atoms with Crippen LogP contribution in [0, 0.1) is 0 Å². The molecule has 1 fully saturated rings. The van der Waals surface area contributed by atoms with E-state index in [9.17, 15) is 8.42 Å². The van der Waals surface area contributed by atoms with Crippen LogP contribution >= 0.6 is 35.0 Å². The summed E-state index contributed by atoms with van der Waals surface area (Å²) in [4.78, 5) is 0.123. The lowest BCUT2D eigenvalue weighted by molar-refractivity contribution is 0.394. The number of sulfonamides is 1. The lowest BCUT2D eigenvalue weighted by Crippen LogP contribution is -2.37. The number of nitrogens with one attached hydrogen (secondary N) is 1. The highest BCUT2D eigenvalue weighted by atomic mass is 35.5. The zero-order chi connectivity index (χ0) is 15.6. The van der Waals surface area contributed by atoms with Crippen LogP contribution in [0.2, 0.25) is 10.0 Å². The second-order valence-electron chi connectivity index (χ2n) is 4.91. The van der Waals surface area contributed by atoms with Gasteiger partial charge in [-0.3, -0.25) is 0 Å². The van der Waals surface area contributed by atoms with Crippen molar-refractivity contribution in [2.45, 2.75) is 23.9 Å². The van der Waals surface area contributed by atoms with Crippen molar-refractivity contribution in [3.8, 4) is 0 Å². The molecule has 1 unspecified atom stereocenters. The number of thioether (sulfide) groups is 1. The summed E-state index contributed by atoms with van der Waals surface area (Å²) < 4.78 is 27.0. The molecule has 21 heavy (non-hydrogen) atoms. The van der Waals surface area contributed by atoms with E-state index >= 15 is 0 Å². The van der Waals surface area contributed by atoms with Crippen LogP contribution in [0.1, 0.15) is 12.0 Å². The number of benzene rings is 1. The minimum Gasteiger partial charge on any atom is -0.316 e. The van der Waals surface area contributed by atoms with Gasteiger partial charge < -0.3 is 5.32 Å². The molecule has 1 aromatic rings. The number of rotatable bonds is 5. The predicted molar refractivity (Wildman–Crippen MR) is 89.9 cm³/mol. The quantitative estimate of drug-likeness (QED) is 0.867. The molecule has 118 valence electrons. The maximum Gasteiger partial charge on any atom is 0.244 e. The van der Waals surface area contributed by atoms with Gasteiger partial charge in [0, 0.05) is 36.0 Å². The van der Waals surface area contributed by atoms with Crippen molar-refractivity contribution in [3.63, 3.8) is 0 Å². The molecule has 0 spiro atoms. The summed E-state index contributed by atoms with van der Waals surface area (Å²) >= 11 is 14.2. The van der Waals surface area contributed by atoms with Crippen molar-refractivity contribution >= 4 is 45.0 Å². The standard InChI is InChI=1S/C13H18Cl2N2O2S2/c1-16-7-10-11(14)3-4-12(13(10)15)21(18,19)17(2)9-5-6-20-8-9/h3-4,9,16H,5-8H2,1-2H3. The lowest BCUT2D eigenvalue weighted by atomic mass is 10.2. The molecule has 1 N–H and O–H groups in total. The predicted octanol–water partition coefficient (Wildman–Crippen LogP) is 2.84. The summed E-state index contributed by atoms with van der Waals surface area (Å²) in [5.74, 6) is 1.81. The van der Waals surface area contributed by atoms with Crippen LogP contribution in [-0.2, 0) is 16.6 Å². The Morgan fingerprint density at radius 2 is 2.14 bits per heavy atom. The van der Waals surface area contributed by atoms with Gasteiger partial charge >= 0.3 is 0 Å². The van der Waals surface area contributed by atoms with Crippen molar-refractivity contribution in [2.75, 3.05) is 25.6 Å². The van der Waals surface area contributed by atoms with E-state index in [1.165, 1.54) is 10.4 Å². The van der Waals surface area contributed by atoms with Crippen LogP contribution in [-0.4, -0.2) is 44.4 Å². The van der Waals surface area contributed by atoms with Crippen LogP contribution in [0.5, 0.6) is 0 Å². The molecule has 1 atom stereocenters. The van der Waals surface area contributed by atoms with Crippen molar-refractivity contribution < 1.29 is 8.42 Å². The van der Waals surface area contributed by atoms with E-state index in [1.807, 2.05) is 0 Å². The van der Waals surface area contributed by atoms with E-state index in [-0.39, 0.29) is 16.0 Å². The van der Waals surface area contributed by atoms with Crippen molar-refractivity contribution in [3.05, 3.63) is 27.7 Å². The van der Waals surface area contributed by atoms with Gasteiger partial charge in [0.1, 0.15) is 4.90 Å². The molecule has 1 heterocycles. The Bertz CT molecular complexity index is 617. The van der Waals surface area contributed by atoms with Crippen LogP contribution in [0.4, 0.5) is 0 Å². The van der Waals surface area contributed by atoms with E-state index in [2.05, 4.69) is 5.32 Å². The Labute approximate surface area is 140 Å². The molecule has 2 rings (SSSR count). The molecule has 1 aromatic carbocycles. The Hall–Kier alpha value is 0.0200. The molecule has 0 aliphatic carbocycles. The van der Waals surface area contributed by atoms with Gasteiger partial charge in [0.05, 0.1) is 5.02 Å². The molecular weight excluding hydrogens is 351 g/mol. The Balaban J connectivity index is 2.42. The third kappa shape index (κ3) is 3.51. The summed E-state index contributed by atoms with van der Waals surface area (Å²) in [6, 6.07) is 3.10. The van der Waals surface area contributed by atoms with Crippen LogP contribution in [0.3, 0.4) is 0 Å². The largest absolute Gasteiger partial charge is 0.316 e. The minimum atomic E-state index is -3.61. The fourth-order valence-electron chi connectivity index (χ4n) is 2.27. The van der Waals surface area contributed by atoms with Crippen LogP contribution in [0.25, 0.3) is 0 Å². The summed E-state index contributed by atoms with van der Waals surface area (Å²) in [5, 5.41) is 3.62. The highest BCUT2D eigenvalue weighted by Crippen LogP contribution is 2.34. The van der Waals surface area contributed by atoms with E-state index in [4.69, 9.17) is 23.2 Å². The van der Waals surface area contributed by atoms with Gasteiger partial charge in [-0.1, -0.05) is 23.2 Å². The number of halogens is 2. The highest BCUT2D eigenvalue weighted by molar-refractivity contribution is 7.99. The first-order valence-corrected chi connectivity index (χ1v) is 9.92. The monoisotopic (exact) mass is 368 g/mol. The molecule has 4 nitrogen and oxygen atoms in total. The zero-order valence-corrected chi connectivity index (χ0v) is 15.0. The SMILES string of the molecule is CNCc1c(Cl)ccc(S(=O)(=O)N(C)C2CCSC2)c1Cl. The molecule has 0 aromatic heterocycles. The van der Waals surface area contributed by atoms with Crippen LogP contribution < -0.4 is 5.32 Å². The molecule has 8 heteroatoms. The van der Waals surface area contributed by atoms with E-state index < -0.39 is 10.0 Å². The molecule has 0 radical (unpaired) electrons. The first kappa shape index (κ1) is 17.4. The van der Waals surface area contributed by atoms with Gasteiger partial charge in [0.15, 0.2) is 0 Å². The lowest BCUT2D eigenvalue weighted by Gasteiger charge is -2.24. The average Bonchev–Trinajstić information content (AvgIpc) is 2.96. The Morgan fingerprint density at radius 1 is 1.43 bits per heavy atom. The van der Waals surface area contributed by atoms with Gasteiger partial charge in [-0.25, -0.2) is 8.42 Å². The first-order valence-electron chi connectivity index (χ1n) is 6.57. The molecule has 1 aliphatic heterocycles. The third-order valence-corrected chi connectivity index (χ3v) is 7.58. The van der Waals surface area contributed by atoms with Gasteiger partial charge in [-0.15, -0.1) is 0 Å². The zero-order valence-electron chi connectivity index (χ0n) is 11.9. The first-order chi connectivity index (χ1) is 9.89. The normalized spacial score (nSPS) is 19.4. The van der Waals surface area contributed by atoms with Crippen molar-refractivity contribution in [1.82, 2.24) is 9.62 Å². The number of hydrogen-bond donors (Lipinski definition) is 1. The molecular formula is C13H18Cl2N2O2S2. The highest BCUT2D eigenvalue weighted by Gasteiger charge is 2.32. The van der Waals surface area contributed by atoms with Crippen LogP contribution in [0.15, 0.2) is 17.0 Å². The second-order valence-corrected chi connectivity index (χ2v) is 8.81. The molecule has 1 saturated heterocycles. The summed E-state index contributed by atoms with van der Waals surface area (Å²) in [7, 11) is -0.230. The van der Waals surface area contributed by atoms with Gasteiger partial charge in [-0.2, -0.15) is 16.1 Å². The van der Waals surface area contributed by atoms with E-state index in [0.29, 0.717) is 17.1 Å². The van der Waals surface area contributed by atoms with Gasteiger partial charge in [0.2, 0.25) is 10.0 Å². The fourth-order valence-corrected chi connectivity index (χ4v) is 5.91. The second kappa shape index (κ2) is 7.06. The molecule has 0 amide bonds. The van der Waals surface area contributed by atoms with Gasteiger partial charge in [-0.05, 0) is 31.4 Å². The van der Waals surface area contributed by atoms with Crippen molar-refractivity contribution in [2.24, 2.45) is 0 Å². The average molecular weight is 369 g/mol. The summed E-state index contributed by atoms with van der Waals surface area (Å²) in [6.07, 6.45) is 0.870. The minimum absolute atomic E-state index is 0.0273. The topological polar surface area (TPSA) is 49.4 Å². The smallest absolute Gasteiger partial charge is 0.244 e. The summed E-state index contributed by atoms with van der Waals surface area (Å²) in [5.41, 5.74) is 0.608. The maximum atomic E-state index is 12.8.